The van der Waals surface area contributed by atoms with Gasteiger partial charge in [0.25, 0.3) is 0 Å². The van der Waals surface area contributed by atoms with Gasteiger partial charge in [0.1, 0.15) is 0 Å². The van der Waals surface area contributed by atoms with Crippen LogP contribution >= 0.6 is 0 Å². The molecule has 0 aromatic heterocycles. The van der Waals surface area contributed by atoms with E-state index in [1.807, 2.05) is 0 Å². The predicted molar refractivity (Wildman–Crippen MR) is 73.4 cm³/mol. The summed E-state index contributed by atoms with van der Waals surface area (Å²) in [4.78, 5) is 2.59. The van der Waals surface area contributed by atoms with E-state index in [0.29, 0.717) is 0 Å². The van der Waals surface area contributed by atoms with Gasteiger partial charge >= 0.3 is 0 Å². The summed E-state index contributed by atoms with van der Waals surface area (Å²) in [6, 6.07) is 0.735. The Bertz CT molecular complexity index is 185. The molecule has 0 aliphatic carbocycles. The smallest absolute Gasteiger partial charge is 0.0593 e. The quantitative estimate of drug-likeness (QED) is 0.627. The lowest BCUT2D eigenvalue weighted by Crippen LogP contribution is -2.40. The molecule has 1 N–H and O–H groups in total. The number of ether oxygens (including phenoxy) is 1. The molecular weight excluding hydrogens is 212 g/mol. The fourth-order valence-corrected chi connectivity index (χ4v) is 2.39. The molecular formula is C14H30N2O. The second kappa shape index (κ2) is 8.90. The van der Waals surface area contributed by atoms with Gasteiger partial charge in [0.2, 0.25) is 0 Å². The second-order valence-corrected chi connectivity index (χ2v) is 5.50. The molecule has 1 fully saturated rings. The van der Waals surface area contributed by atoms with E-state index >= 15 is 0 Å². The summed E-state index contributed by atoms with van der Waals surface area (Å²) in [5.41, 5.74) is 0. The minimum atomic E-state index is 0.735. The van der Waals surface area contributed by atoms with Gasteiger partial charge in [0.15, 0.2) is 0 Å². The van der Waals surface area contributed by atoms with Crippen LogP contribution in [0.15, 0.2) is 0 Å². The zero-order valence-electron chi connectivity index (χ0n) is 11.9. The zero-order chi connectivity index (χ0) is 12.5. The Hall–Kier alpha value is -0.120. The Labute approximate surface area is 107 Å². The third kappa shape index (κ3) is 6.39. The summed E-state index contributed by atoms with van der Waals surface area (Å²) in [6.07, 6.45) is 3.82. The van der Waals surface area contributed by atoms with E-state index in [1.54, 1.807) is 0 Å². The Balaban J connectivity index is 2.10. The van der Waals surface area contributed by atoms with E-state index in [1.165, 1.54) is 19.4 Å². The first-order valence-corrected chi connectivity index (χ1v) is 7.26. The van der Waals surface area contributed by atoms with Crippen molar-refractivity contribution in [1.29, 1.82) is 0 Å². The topological polar surface area (TPSA) is 24.5 Å². The number of likely N-dealkylation sites (tertiary alicyclic amines) is 1. The van der Waals surface area contributed by atoms with E-state index in [4.69, 9.17) is 4.74 Å². The predicted octanol–water partition coefficient (Wildman–Crippen LogP) is 2.12. The van der Waals surface area contributed by atoms with Crippen molar-refractivity contribution < 1.29 is 4.74 Å². The fraction of sp³-hybridized carbons (Fsp3) is 1.00. The summed E-state index contributed by atoms with van der Waals surface area (Å²) in [5, 5.41) is 3.58. The van der Waals surface area contributed by atoms with Crippen molar-refractivity contribution in [2.45, 2.75) is 46.1 Å². The SMILES string of the molecule is CCCOCCN1CCCC1CNCC(C)C. The van der Waals surface area contributed by atoms with Crippen LogP contribution in [0.4, 0.5) is 0 Å². The van der Waals surface area contributed by atoms with Gasteiger partial charge < -0.3 is 10.1 Å². The molecule has 3 heteroatoms. The van der Waals surface area contributed by atoms with E-state index in [-0.39, 0.29) is 0 Å². The molecule has 1 saturated heterocycles. The van der Waals surface area contributed by atoms with Crippen LogP contribution in [0.3, 0.4) is 0 Å². The highest BCUT2D eigenvalue weighted by Gasteiger charge is 2.23. The minimum absolute atomic E-state index is 0.735. The molecule has 0 saturated carbocycles. The van der Waals surface area contributed by atoms with Crippen LogP contribution in [-0.2, 0) is 4.74 Å². The number of hydrogen-bond acceptors (Lipinski definition) is 3. The van der Waals surface area contributed by atoms with Crippen LogP contribution in [0.25, 0.3) is 0 Å². The number of rotatable bonds is 9. The summed E-state index contributed by atoms with van der Waals surface area (Å²) in [6.45, 7) is 13.1. The van der Waals surface area contributed by atoms with Crippen molar-refractivity contribution in [2.75, 3.05) is 39.4 Å². The summed E-state index contributed by atoms with van der Waals surface area (Å²) < 4.78 is 5.57. The van der Waals surface area contributed by atoms with Crippen LogP contribution in [0.2, 0.25) is 0 Å². The highest BCUT2D eigenvalue weighted by Crippen LogP contribution is 2.15. The van der Waals surface area contributed by atoms with Crippen molar-refractivity contribution in [1.82, 2.24) is 10.2 Å². The molecule has 0 aromatic carbocycles. The van der Waals surface area contributed by atoms with E-state index in [2.05, 4.69) is 31.0 Å². The van der Waals surface area contributed by atoms with Crippen molar-refractivity contribution in [2.24, 2.45) is 5.92 Å². The molecule has 1 rings (SSSR count). The van der Waals surface area contributed by atoms with Gasteiger partial charge in [0.05, 0.1) is 6.61 Å². The summed E-state index contributed by atoms with van der Waals surface area (Å²) >= 11 is 0. The molecule has 1 heterocycles. The number of nitrogens with zero attached hydrogens (tertiary/aromatic N) is 1. The molecule has 1 unspecified atom stereocenters. The van der Waals surface area contributed by atoms with Crippen LogP contribution in [0.5, 0.6) is 0 Å². The Morgan fingerprint density at radius 3 is 2.88 bits per heavy atom. The maximum absolute atomic E-state index is 5.57. The molecule has 0 amide bonds. The van der Waals surface area contributed by atoms with Crippen molar-refractivity contribution in [3.05, 3.63) is 0 Å². The molecule has 102 valence electrons. The lowest BCUT2D eigenvalue weighted by molar-refractivity contribution is 0.0994. The zero-order valence-corrected chi connectivity index (χ0v) is 11.9. The third-order valence-corrected chi connectivity index (χ3v) is 3.30. The van der Waals surface area contributed by atoms with Crippen molar-refractivity contribution >= 4 is 0 Å². The average Bonchev–Trinajstić information content (AvgIpc) is 2.72. The summed E-state index contributed by atoms with van der Waals surface area (Å²) in [5.74, 6) is 0.748. The molecule has 0 aromatic rings. The van der Waals surface area contributed by atoms with Crippen molar-refractivity contribution in [3.8, 4) is 0 Å². The molecule has 3 nitrogen and oxygen atoms in total. The molecule has 1 aliphatic rings. The first kappa shape index (κ1) is 14.9. The normalized spacial score (nSPS) is 21.5. The van der Waals surface area contributed by atoms with Gasteiger partial charge in [-0.05, 0) is 38.3 Å². The lowest BCUT2D eigenvalue weighted by Gasteiger charge is -2.25. The average molecular weight is 242 g/mol. The van der Waals surface area contributed by atoms with Gasteiger partial charge in [-0.15, -0.1) is 0 Å². The molecule has 0 bridgehead atoms. The van der Waals surface area contributed by atoms with Crippen LogP contribution in [-0.4, -0.2) is 50.3 Å². The Morgan fingerprint density at radius 1 is 1.35 bits per heavy atom. The van der Waals surface area contributed by atoms with Gasteiger partial charge in [-0.2, -0.15) is 0 Å². The van der Waals surface area contributed by atoms with Crippen LogP contribution in [0, 0.1) is 5.92 Å². The highest BCUT2D eigenvalue weighted by molar-refractivity contribution is 4.80. The lowest BCUT2D eigenvalue weighted by atomic mass is 10.2. The van der Waals surface area contributed by atoms with Crippen molar-refractivity contribution in [3.63, 3.8) is 0 Å². The van der Waals surface area contributed by atoms with Crippen LogP contribution < -0.4 is 5.32 Å². The third-order valence-electron chi connectivity index (χ3n) is 3.30. The van der Waals surface area contributed by atoms with Gasteiger partial charge in [-0.3, -0.25) is 4.90 Å². The Kier molecular flexibility index (Phi) is 7.82. The monoisotopic (exact) mass is 242 g/mol. The molecule has 1 atom stereocenters. The second-order valence-electron chi connectivity index (χ2n) is 5.50. The number of nitrogens with one attached hydrogen (secondary N) is 1. The first-order chi connectivity index (χ1) is 8.24. The maximum Gasteiger partial charge on any atom is 0.0593 e. The van der Waals surface area contributed by atoms with E-state index in [9.17, 15) is 0 Å². The first-order valence-electron chi connectivity index (χ1n) is 7.26. The molecule has 0 spiro atoms. The minimum Gasteiger partial charge on any atom is -0.380 e. The standard InChI is InChI=1S/C14H30N2O/c1-4-9-17-10-8-16-7-5-6-14(16)12-15-11-13(2)3/h13-15H,4-12H2,1-3H3. The highest BCUT2D eigenvalue weighted by atomic mass is 16.5. The van der Waals surface area contributed by atoms with E-state index in [0.717, 1.165) is 51.2 Å². The fourth-order valence-electron chi connectivity index (χ4n) is 2.39. The maximum atomic E-state index is 5.57. The largest absolute Gasteiger partial charge is 0.380 e. The molecule has 1 aliphatic heterocycles. The molecule has 17 heavy (non-hydrogen) atoms. The van der Waals surface area contributed by atoms with Gasteiger partial charge in [-0.1, -0.05) is 20.8 Å². The summed E-state index contributed by atoms with van der Waals surface area (Å²) in [7, 11) is 0. The van der Waals surface area contributed by atoms with Gasteiger partial charge in [0, 0.05) is 25.7 Å². The van der Waals surface area contributed by atoms with Crippen LogP contribution in [0.1, 0.15) is 40.0 Å². The van der Waals surface area contributed by atoms with Gasteiger partial charge in [-0.25, -0.2) is 0 Å². The van der Waals surface area contributed by atoms with E-state index < -0.39 is 0 Å². The number of hydrogen-bond donors (Lipinski definition) is 1. The Morgan fingerprint density at radius 2 is 2.18 bits per heavy atom. The molecule has 0 radical (unpaired) electrons.